The third-order valence-corrected chi connectivity index (χ3v) is 7.81. The molecule has 0 radical (unpaired) electrons. The lowest BCUT2D eigenvalue weighted by atomic mass is 9.92. The largest absolute Gasteiger partial charge is 0.416 e. The Morgan fingerprint density at radius 3 is 2.26 bits per heavy atom. The smallest absolute Gasteiger partial charge is 0.353 e. The van der Waals surface area contributed by atoms with E-state index in [2.05, 4.69) is 5.32 Å². The number of amides is 1. The summed E-state index contributed by atoms with van der Waals surface area (Å²) in [5.41, 5.74) is -1.51. The van der Waals surface area contributed by atoms with Gasteiger partial charge in [-0.1, -0.05) is 13.0 Å². The zero-order valence-corrected chi connectivity index (χ0v) is 15.6. The first kappa shape index (κ1) is 20.1. The topological polar surface area (TPSA) is 63.2 Å². The van der Waals surface area contributed by atoms with Gasteiger partial charge in [0.25, 0.3) is 0 Å². The van der Waals surface area contributed by atoms with Gasteiger partial charge in [-0.25, -0.2) is 12.8 Å². The number of benzene rings is 1. The Hall–Kier alpha value is -1.64. The molecule has 4 nitrogen and oxygen atoms in total. The molecule has 1 aromatic rings. The molecule has 150 valence electrons. The summed E-state index contributed by atoms with van der Waals surface area (Å²) in [5, 5.41) is 0.193. The lowest BCUT2D eigenvalue weighted by molar-refractivity contribution is -0.137. The van der Waals surface area contributed by atoms with Crippen molar-refractivity contribution >= 4 is 15.7 Å². The van der Waals surface area contributed by atoms with Gasteiger partial charge in [0.1, 0.15) is 0 Å². The molecule has 3 rings (SSSR count). The van der Waals surface area contributed by atoms with Crippen molar-refractivity contribution in [1.82, 2.24) is 5.32 Å². The Kier molecular flexibility index (Phi) is 4.81. The van der Waals surface area contributed by atoms with E-state index in [1.807, 2.05) is 6.92 Å². The predicted molar refractivity (Wildman–Crippen MR) is 90.2 cm³/mol. The van der Waals surface area contributed by atoms with E-state index in [1.54, 1.807) is 0 Å². The number of rotatable bonds is 4. The van der Waals surface area contributed by atoms with Crippen molar-refractivity contribution in [3.8, 4) is 0 Å². The van der Waals surface area contributed by atoms with Crippen molar-refractivity contribution in [2.45, 2.75) is 67.6 Å². The van der Waals surface area contributed by atoms with E-state index in [-0.39, 0.29) is 43.0 Å². The van der Waals surface area contributed by atoms with Gasteiger partial charge in [0.2, 0.25) is 20.7 Å². The van der Waals surface area contributed by atoms with Gasteiger partial charge in [0, 0.05) is 11.5 Å². The second-order valence-corrected chi connectivity index (χ2v) is 9.93. The van der Waals surface area contributed by atoms with Crippen LogP contribution >= 0.6 is 0 Å². The van der Waals surface area contributed by atoms with E-state index in [0.717, 1.165) is 31.0 Å². The summed E-state index contributed by atoms with van der Waals surface area (Å²) in [6, 6.07) is 2.83. The van der Waals surface area contributed by atoms with Crippen LogP contribution in [0.3, 0.4) is 0 Å². The maximum Gasteiger partial charge on any atom is 0.416 e. The second kappa shape index (κ2) is 6.46. The summed E-state index contributed by atoms with van der Waals surface area (Å²) in [5.74, 6) is -0.111. The molecule has 0 aromatic heterocycles. The molecule has 0 atom stereocenters. The van der Waals surface area contributed by atoms with Gasteiger partial charge >= 0.3 is 6.18 Å². The summed E-state index contributed by atoms with van der Waals surface area (Å²) in [4.78, 5) is 11.4. The SMILES string of the molecule is CC1(C(=O)N[C@H]2CC[C@@](F)(S(=O)(=O)c3cccc(C(F)(F)F)c3)CC2)CC1. The Balaban J connectivity index is 1.73. The number of hydrogen-bond acceptors (Lipinski definition) is 3. The van der Waals surface area contributed by atoms with Gasteiger partial charge in [-0.2, -0.15) is 13.2 Å². The Morgan fingerprint density at radius 1 is 1.15 bits per heavy atom. The highest BCUT2D eigenvalue weighted by Gasteiger charge is 2.50. The van der Waals surface area contributed by atoms with E-state index < -0.39 is 31.5 Å². The van der Waals surface area contributed by atoms with Crippen LogP contribution in [0.4, 0.5) is 17.6 Å². The molecule has 2 saturated carbocycles. The van der Waals surface area contributed by atoms with Crippen LogP contribution in [0.1, 0.15) is 51.0 Å². The molecule has 0 heterocycles. The second-order valence-electron chi connectivity index (χ2n) is 7.72. The summed E-state index contributed by atoms with van der Waals surface area (Å²) in [7, 11) is -4.59. The van der Waals surface area contributed by atoms with E-state index >= 15 is 4.39 Å². The number of halogens is 4. The minimum absolute atomic E-state index is 0.111. The molecular weight excluding hydrogens is 386 g/mol. The molecule has 0 aliphatic heterocycles. The van der Waals surface area contributed by atoms with Gasteiger partial charge in [-0.05, 0) is 56.7 Å². The average Bonchev–Trinajstić information content (AvgIpc) is 3.35. The van der Waals surface area contributed by atoms with Crippen molar-refractivity contribution in [1.29, 1.82) is 0 Å². The normalized spacial score (nSPS) is 27.8. The average molecular weight is 407 g/mol. The number of nitrogens with one attached hydrogen (secondary N) is 1. The number of hydrogen-bond donors (Lipinski definition) is 1. The first-order valence-electron chi connectivity index (χ1n) is 8.79. The van der Waals surface area contributed by atoms with Crippen LogP contribution in [-0.2, 0) is 20.8 Å². The van der Waals surface area contributed by atoms with Crippen LogP contribution in [-0.4, -0.2) is 25.4 Å². The molecule has 0 unspecified atom stereocenters. The molecule has 0 saturated heterocycles. The molecule has 1 amide bonds. The van der Waals surface area contributed by atoms with Crippen molar-refractivity contribution < 1.29 is 30.8 Å². The van der Waals surface area contributed by atoms with Gasteiger partial charge in [0.05, 0.1) is 10.5 Å². The highest BCUT2D eigenvalue weighted by molar-refractivity contribution is 7.92. The monoisotopic (exact) mass is 407 g/mol. The number of alkyl halides is 4. The molecule has 2 aliphatic rings. The van der Waals surface area contributed by atoms with Crippen LogP contribution in [0, 0.1) is 5.41 Å². The summed E-state index contributed by atoms with van der Waals surface area (Å²) in [6.45, 7) is 1.84. The first-order valence-corrected chi connectivity index (χ1v) is 10.3. The maximum atomic E-state index is 15.2. The predicted octanol–water partition coefficient (Wildman–Crippen LogP) is 4.00. The Bertz CT molecular complexity index is 838. The quantitative estimate of drug-likeness (QED) is 0.768. The van der Waals surface area contributed by atoms with Gasteiger partial charge in [-0.3, -0.25) is 4.79 Å². The molecule has 2 aliphatic carbocycles. The van der Waals surface area contributed by atoms with E-state index in [4.69, 9.17) is 0 Å². The standard InChI is InChI=1S/C18H21F4NO3S/c1-16(9-10-16)15(24)23-13-5-7-17(19,8-6-13)27(25,26)14-4-2-3-12(11-14)18(20,21)22/h2-4,11,13H,5-10H2,1H3,(H,23,24)/t13-,17+. The molecule has 9 heteroatoms. The highest BCUT2D eigenvalue weighted by Crippen LogP contribution is 2.46. The molecule has 1 N–H and O–H groups in total. The number of carbonyl (C=O) groups excluding carboxylic acids is 1. The lowest BCUT2D eigenvalue weighted by Gasteiger charge is -2.34. The highest BCUT2D eigenvalue weighted by atomic mass is 32.2. The first-order chi connectivity index (χ1) is 12.4. The number of sulfone groups is 1. The van der Waals surface area contributed by atoms with Crippen molar-refractivity contribution in [3.05, 3.63) is 29.8 Å². The van der Waals surface area contributed by atoms with Crippen LogP contribution in [0.15, 0.2) is 29.2 Å². The fourth-order valence-corrected chi connectivity index (χ4v) is 5.02. The molecular formula is C18H21F4NO3S. The van der Waals surface area contributed by atoms with E-state index in [1.165, 1.54) is 0 Å². The van der Waals surface area contributed by atoms with Gasteiger partial charge in [0.15, 0.2) is 0 Å². The maximum absolute atomic E-state index is 15.2. The third-order valence-electron chi connectivity index (χ3n) is 5.57. The van der Waals surface area contributed by atoms with Crippen molar-refractivity contribution in [2.24, 2.45) is 5.41 Å². The summed E-state index contributed by atoms with van der Waals surface area (Å²) >= 11 is 0. The zero-order chi connectivity index (χ0) is 20.1. The van der Waals surface area contributed by atoms with Crippen LogP contribution in [0.5, 0.6) is 0 Å². The van der Waals surface area contributed by atoms with Crippen LogP contribution in [0.25, 0.3) is 0 Å². The minimum Gasteiger partial charge on any atom is -0.353 e. The molecule has 0 bridgehead atoms. The molecule has 2 fully saturated rings. The van der Waals surface area contributed by atoms with Gasteiger partial charge in [-0.15, -0.1) is 0 Å². The van der Waals surface area contributed by atoms with E-state index in [0.29, 0.717) is 6.07 Å². The fourth-order valence-electron chi connectivity index (χ4n) is 3.29. The van der Waals surface area contributed by atoms with Crippen molar-refractivity contribution in [2.75, 3.05) is 0 Å². The fraction of sp³-hybridized carbons (Fsp3) is 0.611. The molecule has 27 heavy (non-hydrogen) atoms. The minimum atomic E-state index is -4.71. The molecule has 1 aromatic carbocycles. The summed E-state index contributed by atoms with van der Waals surface area (Å²) in [6.07, 6.45) is -3.62. The number of carbonyl (C=O) groups is 1. The van der Waals surface area contributed by atoms with Crippen LogP contribution in [0.2, 0.25) is 0 Å². The Morgan fingerprint density at radius 2 is 1.74 bits per heavy atom. The van der Waals surface area contributed by atoms with E-state index in [9.17, 15) is 26.4 Å². The van der Waals surface area contributed by atoms with Crippen LogP contribution < -0.4 is 5.32 Å². The summed E-state index contributed by atoms with van der Waals surface area (Å²) < 4.78 is 79.1. The van der Waals surface area contributed by atoms with Crippen molar-refractivity contribution in [3.63, 3.8) is 0 Å². The molecule has 0 spiro atoms. The zero-order valence-electron chi connectivity index (χ0n) is 14.8. The van der Waals surface area contributed by atoms with Gasteiger partial charge < -0.3 is 5.32 Å². The Labute approximate surface area is 155 Å². The third kappa shape index (κ3) is 3.83. The lowest BCUT2D eigenvalue weighted by Crippen LogP contribution is -2.46.